The van der Waals surface area contributed by atoms with Gasteiger partial charge in [0.05, 0.1) is 12.3 Å². The van der Waals surface area contributed by atoms with Crippen molar-refractivity contribution < 1.29 is 9.53 Å². The minimum atomic E-state index is -0.111. The van der Waals surface area contributed by atoms with Crippen molar-refractivity contribution in [3.63, 3.8) is 0 Å². The molecule has 0 bridgehead atoms. The summed E-state index contributed by atoms with van der Waals surface area (Å²) in [5.74, 6) is -0.111. The van der Waals surface area contributed by atoms with Crippen LogP contribution in [0, 0.1) is 6.92 Å². The Kier molecular flexibility index (Phi) is 3.01. The summed E-state index contributed by atoms with van der Waals surface area (Å²) in [6, 6.07) is 0. The van der Waals surface area contributed by atoms with Gasteiger partial charge in [-0.1, -0.05) is 0 Å². The first-order valence-corrected chi connectivity index (χ1v) is 5.17. The fourth-order valence-corrected chi connectivity index (χ4v) is 1.68. The molecule has 0 saturated carbocycles. The lowest BCUT2D eigenvalue weighted by Crippen LogP contribution is -2.32. The number of hydrogen-bond donors (Lipinski definition) is 2. The third-order valence-corrected chi connectivity index (χ3v) is 2.57. The minimum absolute atomic E-state index is 0.111. The lowest BCUT2D eigenvalue weighted by molar-refractivity contribution is 0.0853. The molecule has 82 valence electrons. The van der Waals surface area contributed by atoms with Crippen LogP contribution in [-0.2, 0) is 4.74 Å². The van der Waals surface area contributed by atoms with Crippen LogP contribution in [0.5, 0.6) is 0 Å². The van der Waals surface area contributed by atoms with Gasteiger partial charge in [-0.25, -0.2) is 0 Å². The Morgan fingerprint density at radius 2 is 2.67 bits per heavy atom. The molecule has 5 heteroatoms. The minimum Gasteiger partial charge on any atom is -0.376 e. The number of carbonyl (C=O) groups is 1. The summed E-state index contributed by atoms with van der Waals surface area (Å²) in [6.45, 7) is 3.24. The number of aromatic nitrogens is 2. The van der Waals surface area contributed by atoms with E-state index in [1.807, 2.05) is 6.92 Å². The molecule has 2 heterocycles. The largest absolute Gasteiger partial charge is 0.376 e. The van der Waals surface area contributed by atoms with Gasteiger partial charge in [-0.2, -0.15) is 5.10 Å². The summed E-state index contributed by atoms with van der Waals surface area (Å²) in [6.07, 6.45) is 3.93. The molecule has 0 radical (unpaired) electrons. The molecule has 1 aliphatic rings. The summed E-state index contributed by atoms with van der Waals surface area (Å²) in [5.41, 5.74) is 1.40. The van der Waals surface area contributed by atoms with E-state index in [0.717, 1.165) is 25.0 Å². The van der Waals surface area contributed by atoms with E-state index in [4.69, 9.17) is 4.74 Å². The predicted molar refractivity (Wildman–Crippen MR) is 54.6 cm³/mol. The van der Waals surface area contributed by atoms with Crippen molar-refractivity contribution in [2.24, 2.45) is 0 Å². The molecule has 1 saturated heterocycles. The number of nitrogens with zero attached hydrogens (tertiary/aromatic N) is 1. The summed E-state index contributed by atoms with van der Waals surface area (Å²) >= 11 is 0. The first-order chi connectivity index (χ1) is 7.27. The SMILES string of the molecule is Cc1cn[nH]c1C(=O)NCC1CCCO1. The Morgan fingerprint density at radius 3 is 3.27 bits per heavy atom. The molecule has 15 heavy (non-hydrogen) atoms. The van der Waals surface area contributed by atoms with E-state index in [1.165, 1.54) is 0 Å². The van der Waals surface area contributed by atoms with Gasteiger partial charge in [0.25, 0.3) is 5.91 Å². The fraction of sp³-hybridized carbons (Fsp3) is 0.600. The maximum Gasteiger partial charge on any atom is 0.269 e. The summed E-state index contributed by atoms with van der Waals surface area (Å²) in [5, 5.41) is 9.32. The van der Waals surface area contributed by atoms with Crippen molar-refractivity contribution in [1.82, 2.24) is 15.5 Å². The number of H-pyrrole nitrogens is 1. The van der Waals surface area contributed by atoms with Crippen molar-refractivity contribution in [1.29, 1.82) is 0 Å². The number of aryl methyl sites for hydroxylation is 1. The smallest absolute Gasteiger partial charge is 0.269 e. The van der Waals surface area contributed by atoms with Gasteiger partial charge in [-0.05, 0) is 25.3 Å². The summed E-state index contributed by atoms with van der Waals surface area (Å²) in [7, 11) is 0. The van der Waals surface area contributed by atoms with Gasteiger partial charge in [-0.15, -0.1) is 0 Å². The lowest BCUT2D eigenvalue weighted by atomic mass is 10.2. The van der Waals surface area contributed by atoms with Crippen LogP contribution in [0.2, 0.25) is 0 Å². The van der Waals surface area contributed by atoms with Crippen molar-refractivity contribution in [3.8, 4) is 0 Å². The Labute approximate surface area is 88.2 Å². The lowest BCUT2D eigenvalue weighted by Gasteiger charge is -2.10. The molecule has 2 rings (SSSR count). The number of hydrogen-bond acceptors (Lipinski definition) is 3. The molecule has 1 aromatic heterocycles. The first-order valence-electron chi connectivity index (χ1n) is 5.17. The maximum absolute atomic E-state index is 11.6. The van der Waals surface area contributed by atoms with Gasteiger partial charge in [-0.3, -0.25) is 9.89 Å². The van der Waals surface area contributed by atoms with E-state index in [2.05, 4.69) is 15.5 Å². The number of amides is 1. The molecule has 2 N–H and O–H groups in total. The molecule has 0 spiro atoms. The Balaban J connectivity index is 1.84. The van der Waals surface area contributed by atoms with E-state index < -0.39 is 0 Å². The molecule has 5 nitrogen and oxygen atoms in total. The van der Waals surface area contributed by atoms with E-state index in [9.17, 15) is 4.79 Å². The zero-order valence-electron chi connectivity index (χ0n) is 8.75. The van der Waals surface area contributed by atoms with Gasteiger partial charge in [0.15, 0.2) is 0 Å². The molecular weight excluding hydrogens is 194 g/mol. The highest BCUT2D eigenvalue weighted by Crippen LogP contribution is 2.11. The number of rotatable bonds is 3. The van der Waals surface area contributed by atoms with Gasteiger partial charge < -0.3 is 10.1 Å². The van der Waals surface area contributed by atoms with Crippen molar-refractivity contribution in [2.75, 3.05) is 13.2 Å². The van der Waals surface area contributed by atoms with E-state index in [0.29, 0.717) is 12.2 Å². The molecular formula is C10H15N3O2. The van der Waals surface area contributed by atoms with Crippen LogP contribution in [0.25, 0.3) is 0 Å². The van der Waals surface area contributed by atoms with Gasteiger partial charge >= 0.3 is 0 Å². The van der Waals surface area contributed by atoms with Crippen molar-refractivity contribution in [2.45, 2.75) is 25.9 Å². The molecule has 1 amide bonds. The number of nitrogens with one attached hydrogen (secondary N) is 2. The Bertz CT molecular complexity index is 342. The molecule has 0 aromatic carbocycles. The highest BCUT2D eigenvalue weighted by atomic mass is 16.5. The number of carbonyl (C=O) groups excluding carboxylic acids is 1. The third kappa shape index (κ3) is 2.36. The van der Waals surface area contributed by atoms with E-state index >= 15 is 0 Å². The molecule has 0 aliphatic carbocycles. The second kappa shape index (κ2) is 4.44. The van der Waals surface area contributed by atoms with E-state index in [-0.39, 0.29) is 12.0 Å². The van der Waals surface area contributed by atoms with Crippen LogP contribution in [0.1, 0.15) is 28.9 Å². The summed E-state index contributed by atoms with van der Waals surface area (Å²) < 4.78 is 5.41. The van der Waals surface area contributed by atoms with Crippen LogP contribution < -0.4 is 5.32 Å². The molecule has 1 aliphatic heterocycles. The molecule has 1 fully saturated rings. The van der Waals surface area contributed by atoms with Crippen molar-refractivity contribution >= 4 is 5.91 Å². The fourth-order valence-electron chi connectivity index (χ4n) is 1.68. The van der Waals surface area contributed by atoms with E-state index in [1.54, 1.807) is 6.20 Å². The van der Waals surface area contributed by atoms with Gasteiger partial charge in [0.1, 0.15) is 5.69 Å². The van der Waals surface area contributed by atoms with Crippen LogP contribution >= 0.6 is 0 Å². The second-order valence-electron chi connectivity index (χ2n) is 3.77. The highest BCUT2D eigenvalue weighted by molar-refractivity contribution is 5.93. The second-order valence-corrected chi connectivity index (χ2v) is 3.77. The highest BCUT2D eigenvalue weighted by Gasteiger charge is 2.17. The van der Waals surface area contributed by atoms with Crippen LogP contribution in [0.3, 0.4) is 0 Å². The zero-order chi connectivity index (χ0) is 10.7. The monoisotopic (exact) mass is 209 g/mol. The number of aromatic amines is 1. The van der Waals surface area contributed by atoms with Gasteiger partial charge in [0.2, 0.25) is 0 Å². The molecule has 1 unspecified atom stereocenters. The predicted octanol–water partition coefficient (Wildman–Crippen LogP) is 0.627. The topological polar surface area (TPSA) is 67.0 Å². The van der Waals surface area contributed by atoms with Crippen LogP contribution in [0.4, 0.5) is 0 Å². The van der Waals surface area contributed by atoms with Gasteiger partial charge in [0, 0.05) is 13.2 Å². The Morgan fingerprint density at radius 1 is 1.80 bits per heavy atom. The normalized spacial score (nSPS) is 20.5. The standard InChI is InChI=1S/C10H15N3O2/c1-7-5-12-13-9(7)10(14)11-6-8-3-2-4-15-8/h5,8H,2-4,6H2,1H3,(H,11,14)(H,12,13). The summed E-state index contributed by atoms with van der Waals surface area (Å²) in [4.78, 5) is 11.6. The van der Waals surface area contributed by atoms with Crippen LogP contribution in [-0.4, -0.2) is 35.4 Å². The maximum atomic E-state index is 11.6. The Hall–Kier alpha value is -1.36. The van der Waals surface area contributed by atoms with Crippen LogP contribution in [0.15, 0.2) is 6.20 Å². The number of ether oxygens (including phenoxy) is 1. The zero-order valence-corrected chi connectivity index (χ0v) is 8.75. The van der Waals surface area contributed by atoms with Crippen molar-refractivity contribution in [3.05, 3.63) is 17.5 Å². The quantitative estimate of drug-likeness (QED) is 0.767. The average Bonchev–Trinajstić information content (AvgIpc) is 2.84. The molecule has 1 aromatic rings. The first kappa shape index (κ1) is 10.2. The average molecular weight is 209 g/mol. The third-order valence-electron chi connectivity index (χ3n) is 2.57. The molecule has 1 atom stereocenters.